The van der Waals surface area contributed by atoms with E-state index in [0.717, 1.165) is 5.56 Å². The lowest BCUT2D eigenvalue weighted by Gasteiger charge is -2.17. The molecule has 1 aliphatic carbocycles. The molecule has 142 valence electrons. The van der Waals surface area contributed by atoms with Crippen molar-refractivity contribution in [3.05, 3.63) is 70.2 Å². The second-order valence-electron chi connectivity index (χ2n) is 7.24. The smallest absolute Gasteiger partial charge is 0.239 e. The van der Waals surface area contributed by atoms with Crippen LogP contribution in [0.1, 0.15) is 41.9 Å². The van der Waals surface area contributed by atoms with Crippen molar-refractivity contribution in [2.45, 2.75) is 38.6 Å². The molecule has 4 nitrogen and oxygen atoms in total. The van der Waals surface area contributed by atoms with E-state index in [1.165, 1.54) is 24.0 Å². The molecule has 0 aromatic heterocycles. The Labute approximate surface area is 165 Å². The molecule has 2 aromatic carbocycles. The zero-order valence-electron chi connectivity index (χ0n) is 15.5. The summed E-state index contributed by atoms with van der Waals surface area (Å²) in [5.41, 5.74) is 3.40. The summed E-state index contributed by atoms with van der Waals surface area (Å²) >= 11 is 5.84. The lowest BCUT2D eigenvalue weighted by molar-refractivity contribution is -0.126. The normalized spacial score (nSPS) is 14.4. The van der Waals surface area contributed by atoms with Crippen LogP contribution in [0.5, 0.6) is 0 Å². The Morgan fingerprint density at radius 3 is 2.30 bits per heavy atom. The third-order valence-corrected chi connectivity index (χ3v) is 5.20. The number of hydrogen-bond donors (Lipinski definition) is 2. The van der Waals surface area contributed by atoms with Crippen LogP contribution in [0.4, 0.5) is 0 Å². The van der Waals surface area contributed by atoms with Gasteiger partial charge in [-0.3, -0.25) is 9.59 Å². The third-order valence-electron chi connectivity index (χ3n) is 4.95. The minimum absolute atomic E-state index is 0.00227. The largest absolute Gasteiger partial charge is 0.350 e. The Morgan fingerprint density at radius 2 is 1.67 bits per heavy atom. The molecule has 1 aliphatic rings. The molecule has 0 radical (unpaired) electrons. The summed E-state index contributed by atoms with van der Waals surface area (Å²) in [6.45, 7) is 2.48. The first-order chi connectivity index (χ1) is 13.0. The van der Waals surface area contributed by atoms with E-state index in [9.17, 15) is 9.59 Å². The maximum Gasteiger partial charge on any atom is 0.239 e. The number of carbonyl (C=O) groups excluding carboxylic acids is 2. The highest BCUT2D eigenvalue weighted by Gasteiger charge is 2.33. The summed E-state index contributed by atoms with van der Waals surface area (Å²) < 4.78 is 0. The third kappa shape index (κ3) is 6.10. The highest BCUT2D eigenvalue weighted by Crippen LogP contribution is 2.44. The Kier molecular flexibility index (Phi) is 6.51. The molecule has 0 bridgehead atoms. The van der Waals surface area contributed by atoms with Crippen LogP contribution in [0, 0.1) is 12.8 Å². The minimum atomic E-state index is -0.198. The van der Waals surface area contributed by atoms with Crippen LogP contribution >= 0.6 is 11.6 Å². The predicted molar refractivity (Wildman–Crippen MR) is 108 cm³/mol. The molecule has 1 unspecified atom stereocenters. The molecule has 0 spiro atoms. The Bertz CT molecular complexity index is 783. The number of benzene rings is 2. The summed E-state index contributed by atoms with van der Waals surface area (Å²) in [4.78, 5) is 24.3. The van der Waals surface area contributed by atoms with Gasteiger partial charge in [-0.15, -0.1) is 0 Å². The number of carbonyl (C=O) groups is 2. The van der Waals surface area contributed by atoms with Crippen LogP contribution in [0.25, 0.3) is 0 Å². The lowest BCUT2D eigenvalue weighted by Crippen LogP contribution is -2.37. The van der Waals surface area contributed by atoms with Crippen LogP contribution in [-0.4, -0.2) is 18.4 Å². The molecule has 2 amide bonds. The van der Waals surface area contributed by atoms with Crippen molar-refractivity contribution in [2.24, 2.45) is 5.92 Å². The summed E-state index contributed by atoms with van der Waals surface area (Å²) in [5.74, 6) is 0.547. The Morgan fingerprint density at radius 1 is 1.00 bits per heavy atom. The maximum atomic E-state index is 12.3. The van der Waals surface area contributed by atoms with Gasteiger partial charge < -0.3 is 10.6 Å². The molecular formula is C22H25ClN2O2. The van der Waals surface area contributed by atoms with Gasteiger partial charge in [-0.2, -0.15) is 0 Å². The van der Waals surface area contributed by atoms with Crippen LogP contribution in [0.2, 0.25) is 5.02 Å². The molecule has 1 atom stereocenters. The first-order valence-corrected chi connectivity index (χ1v) is 9.73. The van der Waals surface area contributed by atoms with Crippen LogP contribution in [-0.2, 0) is 16.1 Å². The van der Waals surface area contributed by atoms with Gasteiger partial charge in [-0.25, -0.2) is 0 Å². The second-order valence-corrected chi connectivity index (χ2v) is 7.68. The van der Waals surface area contributed by atoms with Crippen molar-refractivity contribution < 1.29 is 9.59 Å². The maximum absolute atomic E-state index is 12.3. The number of nitrogens with one attached hydrogen (secondary N) is 2. The van der Waals surface area contributed by atoms with Gasteiger partial charge in [0.1, 0.15) is 0 Å². The molecule has 3 rings (SSSR count). The van der Waals surface area contributed by atoms with E-state index in [2.05, 4.69) is 41.8 Å². The van der Waals surface area contributed by atoms with Crippen molar-refractivity contribution in [3.8, 4) is 0 Å². The van der Waals surface area contributed by atoms with Gasteiger partial charge in [0.15, 0.2) is 0 Å². The first-order valence-electron chi connectivity index (χ1n) is 9.35. The van der Waals surface area contributed by atoms with Gasteiger partial charge in [-0.1, -0.05) is 53.6 Å². The van der Waals surface area contributed by atoms with Crippen molar-refractivity contribution in [1.82, 2.24) is 10.6 Å². The van der Waals surface area contributed by atoms with E-state index >= 15 is 0 Å². The van der Waals surface area contributed by atoms with Crippen LogP contribution in [0.15, 0.2) is 48.5 Å². The van der Waals surface area contributed by atoms with Crippen molar-refractivity contribution in [3.63, 3.8) is 0 Å². The summed E-state index contributed by atoms with van der Waals surface area (Å²) in [7, 11) is 0. The highest BCUT2D eigenvalue weighted by molar-refractivity contribution is 6.30. The second kappa shape index (κ2) is 9.05. The van der Waals surface area contributed by atoms with E-state index in [0.29, 0.717) is 23.9 Å². The van der Waals surface area contributed by atoms with Crippen molar-refractivity contribution in [2.75, 3.05) is 6.54 Å². The summed E-state index contributed by atoms with van der Waals surface area (Å²) in [6.07, 6.45) is 2.78. The van der Waals surface area contributed by atoms with Crippen LogP contribution in [0.3, 0.4) is 0 Å². The Hall–Kier alpha value is -2.33. The fraction of sp³-hybridized carbons (Fsp3) is 0.364. The molecular weight excluding hydrogens is 360 g/mol. The molecule has 27 heavy (non-hydrogen) atoms. The molecule has 2 aromatic rings. The average Bonchev–Trinajstić information content (AvgIpc) is 3.50. The molecule has 5 heteroatoms. The molecule has 1 saturated carbocycles. The highest BCUT2D eigenvalue weighted by atomic mass is 35.5. The van der Waals surface area contributed by atoms with Gasteiger partial charge >= 0.3 is 0 Å². The number of aryl methyl sites for hydroxylation is 1. The standard InChI is InChI=1S/C22H25ClN2O2/c1-15-2-6-17(7-3-15)20(18-8-9-18)12-21(26)25-14-22(27)24-13-16-4-10-19(23)11-5-16/h2-7,10-11,18,20H,8-9,12-14H2,1H3,(H,24,27)(H,25,26). The number of amides is 2. The average molecular weight is 385 g/mol. The summed E-state index contributed by atoms with van der Waals surface area (Å²) in [5, 5.41) is 6.22. The quantitative estimate of drug-likeness (QED) is 0.723. The molecule has 0 saturated heterocycles. The number of rotatable bonds is 8. The summed E-state index contributed by atoms with van der Waals surface area (Å²) in [6, 6.07) is 15.7. The number of halogens is 1. The minimum Gasteiger partial charge on any atom is -0.350 e. The molecule has 0 heterocycles. The van der Waals surface area contributed by atoms with Gasteiger partial charge in [0.2, 0.25) is 11.8 Å². The predicted octanol–water partition coefficient (Wildman–Crippen LogP) is 3.96. The van der Waals surface area contributed by atoms with Gasteiger partial charge in [0.05, 0.1) is 6.54 Å². The first kappa shape index (κ1) is 19.4. The van der Waals surface area contributed by atoms with E-state index in [4.69, 9.17) is 11.6 Å². The van der Waals surface area contributed by atoms with Gasteiger partial charge in [0.25, 0.3) is 0 Å². The van der Waals surface area contributed by atoms with E-state index in [1.54, 1.807) is 12.1 Å². The monoisotopic (exact) mass is 384 g/mol. The lowest BCUT2D eigenvalue weighted by atomic mass is 9.90. The van der Waals surface area contributed by atoms with E-state index < -0.39 is 0 Å². The van der Waals surface area contributed by atoms with Crippen molar-refractivity contribution >= 4 is 23.4 Å². The van der Waals surface area contributed by atoms with E-state index in [-0.39, 0.29) is 24.3 Å². The van der Waals surface area contributed by atoms with Gasteiger partial charge in [-0.05, 0) is 54.9 Å². The SMILES string of the molecule is Cc1ccc(C(CC(=O)NCC(=O)NCc2ccc(Cl)cc2)C2CC2)cc1. The molecule has 1 fully saturated rings. The van der Waals surface area contributed by atoms with E-state index in [1.807, 2.05) is 12.1 Å². The zero-order chi connectivity index (χ0) is 19.2. The Balaban J connectivity index is 1.44. The molecule has 2 N–H and O–H groups in total. The fourth-order valence-corrected chi connectivity index (χ4v) is 3.31. The fourth-order valence-electron chi connectivity index (χ4n) is 3.19. The zero-order valence-corrected chi connectivity index (χ0v) is 16.3. The van der Waals surface area contributed by atoms with Crippen molar-refractivity contribution in [1.29, 1.82) is 0 Å². The van der Waals surface area contributed by atoms with Gasteiger partial charge in [0, 0.05) is 18.0 Å². The number of hydrogen-bond acceptors (Lipinski definition) is 2. The topological polar surface area (TPSA) is 58.2 Å². The molecule has 0 aliphatic heterocycles. The van der Waals surface area contributed by atoms with Crippen LogP contribution < -0.4 is 10.6 Å².